The number of aryl methyl sites for hydroxylation is 1. The van der Waals surface area contributed by atoms with Gasteiger partial charge >= 0.3 is 5.97 Å². The van der Waals surface area contributed by atoms with E-state index in [1.165, 1.54) is 7.11 Å². The maximum Gasteiger partial charge on any atom is 0.337 e. The summed E-state index contributed by atoms with van der Waals surface area (Å²) in [6.07, 6.45) is 1.16. The van der Waals surface area contributed by atoms with Crippen LogP contribution in [0.25, 0.3) is 0 Å². The lowest BCUT2D eigenvalue weighted by Crippen LogP contribution is -2.28. The van der Waals surface area contributed by atoms with Crippen LogP contribution in [-0.4, -0.2) is 30.0 Å². The van der Waals surface area contributed by atoms with Crippen LogP contribution in [0.3, 0.4) is 0 Å². The number of ether oxygens (including phenoxy) is 1. The van der Waals surface area contributed by atoms with E-state index in [1.807, 2.05) is 19.1 Å². The molecule has 0 amide bonds. The van der Waals surface area contributed by atoms with E-state index < -0.39 is 0 Å². The van der Waals surface area contributed by atoms with Gasteiger partial charge < -0.3 is 10.1 Å². The first-order valence-electron chi connectivity index (χ1n) is 7.16. The summed E-state index contributed by atoms with van der Waals surface area (Å²) in [5.41, 5.74) is 2.42. The molecule has 5 heteroatoms. The van der Waals surface area contributed by atoms with Gasteiger partial charge in [0.25, 0.3) is 0 Å². The van der Waals surface area contributed by atoms with Crippen LogP contribution in [0.2, 0.25) is 0 Å². The molecule has 1 atom stereocenters. The topological polar surface area (TPSA) is 50.7 Å². The Morgan fingerprint density at radius 1 is 1.52 bits per heavy atom. The van der Waals surface area contributed by atoms with Crippen molar-refractivity contribution in [3.63, 3.8) is 0 Å². The SMILES string of the molecule is COC(=O)c1ccc(/N=C2/NC(CC(C)C)CS2)c(C)c1. The van der Waals surface area contributed by atoms with Gasteiger partial charge in [0.2, 0.25) is 0 Å². The van der Waals surface area contributed by atoms with Crippen molar-refractivity contribution in [1.82, 2.24) is 5.32 Å². The number of benzene rings is 1. The number of rotatable bonds is 4. The van der Waals surface area contributed by atoms with Crippen LogP contribution in [0, 0.1) is 12.8 Å². The number of nitrogens with one attached hydrogen (secondary N) is 1. The zero-order chi connectivity index (χ0) is 15.4. The van der Waals surface area contributed by atoms with E-state index in [0.29, 0.717) is 17.5 Å². The number of hydrogen-bond acceptors (Lipinski definition) is 4. The molecule has 0 bridgehead atoms. The fourth-order valence-corrected chi connectivity index (χ4v) is 3.32. The molecule has 1 aromatic rings. The van der Waals surface area contributed by atoms with Crippen molar-refractivity contribution in [1.29, 1.82) is 0 Å². The molecule has 1 saturated heterocycles. The summed E-state index contributed by atoms with van der Waals surface area (Å²) in [5.74, 6) is 1.43. The first-order valence-corrected chi connectivity index (χ1v) is 8.15. The molecule has 4 nitrogen and oxygen atoms in total. The Balaban J connectivity index is 2.09. The number of thioether (sulfide) groups is 1. The summed E-state index contributed by atoms with van der Waals surface area (Å²) in [4.78, 5) is 16.2. The summed E-state index contributed by atoms with van der Waals surface area (Å²) in [6, 6.07) is 5.94. The number of amidine groups is 1. The van der Waals surface area contributed by atoms with Crippen molar-refractivity contribution in [3.05, 3.63) is 29.3 Å². The van der Waals surface area contributed by atoms with Crippen molar-refractivity contribution in [3.8, 4) is 0 Å². The van der Waals surface area contributed by atoms with E-state index in [-0.39, 0.29) is 5.97 Å². The molecule has 1 heterocycles. The summed E-state index contributed by atoms with van der Waals surface area (Å²) in [6.45, 7) is 6.42. The number of carbonyl (C=O) groups is 1. The molecule has 1 aliphatic heterocycles. The molecular weight excluding hydrogens is 284 g/mol. The Morgan fingerprint density at radius 3 is 2.90 bits per heavy atom. The molecule has 1 unspecified atom stereocenters. The lowest BCUT2D eigenvalue weighted by Gasteiger charge is -2.12. The second-order valence-corrected chi connectivity index (χ2v) is 6.70. The highest BCUT2D eigenvalue weighted by atomic mass is 32.2. The highest BCUT2D eigenvalue weighted by Gasteiger charge is 2.21. The van der Waals surface area contributed by atoms with Crippen LogP contribution in [0.1, 0.15) is 36.2 Å². The third-order valence-corrected chi connectivity index (χ3v) is 4.40. The largest absolute Gasteiger partial charge is 0.465 e. The molecule has 0 radical (unpaired) electrons. The minimum Gasteiger partial charge on any atom is -0.465 e. The fourth-order valence-electron chi connectivity index (χ4n) is 2.33. The number of aliphatic imine (C=N–C) groups is 1. The van der Waals surface area contributed by atoms with Gasteiger partial charge in [0.1, 0.15) is 0 Å². The van der Waals surface area contributed by atoms with Gasteiger partial charge in [-0.2, -0.15) is 0 Å². The maximum absolute atomic E-state index is 11.5. The van der Waals surface area contributed by atoms with Gasteiger partial charge in [-0.05, 0) is 43.0 Å². The normalized spacial score (nSPS) is 19.9. The minimum absolute atomic E-state index is 0.317. The highest BCUT2D eigenvalue weighted by Crippen LogP contribution is 2.25. The third kappa shape index (κ3) is 4.24. The first-order chi connectivity index (χ1) is 9.99. The van der Waals surface area contributed by atoms with Crippen LogP contribution in [0.15, 0.2) is 23.2 Å². The Hall–Kier alpha value is -1.49. The molecule has 1 fully saturated rings. The molecule has 0 aliphatic carbocycles. The molecule has 1 aliphatic rings. The summed E-state index contributed by atoms with van der Waals surface area (Å²) in [7, 11) is 1.39. The number of hydrogen-bond donors (Lipinski definition) is 1. The van der Waals surface area contributed by atoms with E-state index in [9.17, 15) is 4.79 Å². The lowest BCUT2D eigenvalue weighted by molar-refractivity contribution is 0.0600. The second-order valence-electron chi connectivity index (χ2n) is 5.69. The quantitative estimate of drug-likeness (QED) is 0.865. The van der Waals surface area contributed by atoms with Crippen molar-refractivity contribution < 1.29 is 9.53 Å². The molecular formula is C16H22N2O2S. The summed E-state index contributed by atoms with van der Waals surface area (Å²) in [5, 5.41) is 4.44. The van der Waals surface area contributed by atoms with Gasteiger partial charge in [0.15, 0.2) is 5.17 Å². The van der Waals surface area contributed by atoms with Crippen LogP contribution in [-0.2, 0) is 4.74 Å². The van der Waals surface area contributed by atoms with Gasteiger partial charge in [0, 0.05) is 11.8 Å². The number of esters is 1. The molecule has 21 heavy (non-hydrogen) atoms. The van der Waals surface area contributed by atoms with E-state index in [0.717, 1.165) is 28.6 Å². The molecule has 2 rings (SSSR count). The predicted octanol–water partition coefficient (Wildman–Crippen LogP) is 3.52. The summed E-state index contributed by atoms with van der Waals surface area (Å²) < 4.78 is 4.72. The van der Waals surface area contributed by atoms with Gasteiger partial charge in [0.05, 0.1) is 18.4 Å². The Morgan fingerprint density at radius 2 is 2.29 bits per heavy atom. The Kier molecular flexibility index (Phi) is 5.28. The highest BCUT2D eigenvalue weighted by molar-refractivity contribution is 8.14. The van der Waals surface area contributed by atoms with Crippen LogP contribution >= 0.6 is 11.8 Å². The van der Waals surface area contributed by atoms with Gasteiger partial charge in [-0.3, -0.25) is 0 Å². The van der Waals surface area contributed by atoms with E-state index in [1.54, 1.807) is 17.8 Å². The number of nitrogens with zero attached hydrogens (tertiary/aromatic N) is 1. The molecule has 0 aromatic heterocycles. The van der Waals surface area contributed by atoms with Crippen molar-refractivity contribution in [2.45, 2.75) is 33.2 Å². The Labute approximate surface area is 130 Å². The van der Waals surface area contributed by atoms with Crippen molar-refractivity contribution >= 4 is 28.6 Å². The third-order valence-electron chi connectivity index (χ3n) is 3.34. The average molecular weight is 306 g/mol. The van der Waals surface area contributed by atoms with E-state index >= 15 is 0 Å². The van der Waals surface area contributed by atoms with Gasteiger partial charge in [-0.15, -0.1) is 0 Å². The molecule has 114 valence electrons. The van der Waals surface area contributed by atoms with Crippen LogP contribution in [0.4, 0.5) is 5.69 Å². The van der Waals surface area contributed by atoms with Gasteiger partial charge in [-0.25, -0.2) is 9.79 Å². The van der Waals surface area contributed by atoms with E-state index in [2.05, 4.69) is 24.2 Å². The molecule has 1 aromatic carbocycles. The second kappa shape index (κ2) is 6.98. The standard InChI is InChI=1S/C16H22N2O2S/c1-10(2)7-13-9-21-16(17-13)18-14-6-5-12(8-11(14)3)15(19)20-4/h5-6,8,10,13H,7,9H2,1-4H3,(H,17,18). The number of carbonyl (C=O) groups excluding carboxylic acids is 1. The maximum atomic E-state index is 11.5. The molecule has 0 spiro atoms. The van der Waals surface area contributed by atoms with E-state index in [4.69, 9.17) is 4.74 Å². The number of methoxy groups -OCH3 is 1. The van der Waals surface area contributed by atoms with Gasteiger partial charge in [-0.1, -0.05) is 25.6 Å². The molecule has 0 saturated carbocycles. The fraction of sp³-hybridized carbons (Fsp3) is 0.500. The zero-order valence-corrected chi connectivity index (χ0v) is 13.8. The Bertz CT molecular complexity index is 555. The minimum atomic E-state index is -0.317. The zero-order valence-electron chi connectivity index (χ0n) is 13.0. The lowest BCUT2D eigenvalue weighted by atomic mass is 10.1. The van der Waals surface area contributed by atoms with Crippen molar-refractivity contribution in [2.24, 2.45) is 10.9 Å². The smallest absolute Gasteiger partial charge is 0.337 e. The summed E-state index contributed by atoms with van der Waals surface area (Å²) >= 11 is 1.76. The first kappa shape index (κ1) is 15.9. The van der Waals surface area contributed by atoms with Crippen LogP contribution < -0.4 is 5.32 Å². The predicted molar refractivity (Wildman–Crippen MR) is 88.5 cm³/mol. The van der Waals surface area contributed by atoms with Crippen LogP contribution in [0.5, 0.6) is 0 Å². The van der Waals surface area contributed by atoms with Crippen molar-refractivity contribution in [2.75, 3.05) is 12.9 Å². The molecule has 1 N–H and O–H groups in total. The monoisotopic (exact) mass is 306 g/mol. The average Bonchev–Trinajstić information content (AvgIpc) is 2.86.